The van der Waals surface area contributed by atoms with Gasteiger partial charge < -0.3 is 10.6 Å². The van der Waals surface area contributed by atoms with Crippen LogP contribution < -0.4 is 16.0 Å². The van der Waals surface area contributed by atoms with Crippen molar-refractivity contribution in [3.63, 3.8) is 0 Å². The molecule has 0 saturated heterocycles. The standard InChI is InChI=1S/C20H19ClN4O/c21-16-6-4-5-15(13-16)11-12-22-18-9-10-19(23-14-18)25-20(26)24-17-7-2-1-3-8-17/h1-10,13-14,22H,11-12H2,(H2,23,24,25,26). The number of hydrogen-bond acceptors (Lipinski definition) is 3. The van der Waals surface area contributed by atoms with Crippen LogP contribution in [0.4, 0.5) is 22.0 Å². The summed E-state index contributed by atoms with van der Waals surface area (Å²) >= 11 is 5.98. The van der Waals surface area contributed by atoms with Crippen molar-refractivity contribution in [1.29, 1.82) is 0 Å². The normalized spacial score (nSPS) is 10.2. The highest BCUT2D eigenvalue weighted by atomic mass is 35.5. The molecule has 0 unspecified atom stereocenters. The number of aromatic nitrogens is 1. The van der Waals surface area contributed by atoms with Crippen molar-refractivity contribution < 1.29 is 4.79 Å². The van der Waals surface area contributed by atoms with Gasteiger partial charge in [-0.1, -0.05) is 41.9 Å². The van der Waals surface area contributed by atoms with Crippen molar-refractivity contribution in [3.8, 4) is 0 Å². The summed E-state index contributed by atoms with van der Waals surface area (Å²) in [5, 5.41) is 9.49. The van der Waals surface area contributed by atoms with Gasteiger partial charge in [0, 0.05) is 17.3 Å². The predicted molar refractivity (Wildman–Crippen MR) is 107 cm³/mol. The molecule has 2 amide bonds. The van der Waals surface area contributed by atoms with Gasteiger partial charge in [0.2, 0.25) is 0 Å². The number of hydrogen-bond donors (Lipinski definition) is 3. The molecule has 0 aliphatic rings. The predicted octanol–water partition coefficient (Wildman–Crippen LogP) is 5.03. The van der Waals surface area contributed by atoms with Gasteiger partial charge in [0.15, 0.2) is 0 Å². The third-order valence-electron chi connectivity index (χ3n) is 3.67. The van der Waals surface area contributed by atoms with Crippen LogP contribution in [0.3, 0.4) is 0 Å². The van der Waals surface area contributed by atoms with Crippen LogP contribution in [0.2, 0.25) is 5.02 Å². The highest BCUT2D eigenvalue weighted by Gasteiger charge is 2.03. The second kappa shape index (κ2) is 8.87. The number of para-hydroxylation sites is 1. The largest absolute Gasteiger partial charge is 0.383 e. The van der Waals surface area contributed by atoms with Crippen LogP contribution in [-0.4, -0.2) is 17.6 Å². The number of anilines is 3. The molecule has 0 bridgehead atoms. The second-order valence-corrected chi connectivity index (χ2v) is 6.12. The van der Waals surface area contributed by atoms with Crippen LogP contribution in [0, 0.1) is 0 Å². The van der Waals surface area contributed by atoms with E-state index in [0.29, 0.717) is 5.82 Å². The Morgan fingerprint density at radius 2 is 1.77 bits per heavy atom. The monoisotopic (exact) mass is 366 g/mol. The van der Waals surface area contributed by atoms with Gasteiger partial charge in [0.05, 0.1) is 11.9 Å². The molecule has 5 nitrogen and oxygen atoms in total. The molecule has 132 valence electrons. The number of amides is 2. The third-order valence-corrected chi connectivity index (χ3v) is 3.90. The zero-order valence-corrected chi connectivity index (χ0v) is 14.8. The fourth-order valence-corrected chi connectivity index (χ4v) is 2.63. The molecular weight excluding hydrogens is 348 g/mol. The first kappa shape index (κ1) is 17.8. The zero-order chi connectivity index (χ0) is 18.2. The summed E-state index contributed by atoms with van der Waals surface area (Å²) in [5.74, 6) is 0.485. The van der Waals surface area contributed by atoms with Gasteiger partial charge in [-0.15, -0.1) is 0 Å². The Morgan fingerprint density at radius 3 is 2.50 bits per heavy atom. The molecule has 0 spiro atoms. The van der Waals surface area contributed by atoms with Crippen molar-refractivity contribution in [2.75, 3.05) is 22.5 Å². The van der Waals surface area contributed by atoms with Crippen LogP contribution in [0.25, 0.3) is 0 Å². The summed E-state index contributed by atoms with van der Waals surface area (Å²) in [6, 6.07) is 20.4. The lowest BCUT2D eigenvalue weighted by molar-refractivity contribution is 0.262. The highest BCUT2D eigenvalue weighted by molar-refractivity contribution is 6.30. The first-order valence-electron chi connectivity index (χ1n) is 8.26. The first-order valence-corrected chi connectivity index (χ1v) is 8.64. The van der Waals surface area contributed by atoms with Gasteiger partial charge in [-0.2, -0.15) is 0 Å². The van der Waals surface area contributed by atoms with Crippen molar-refractivity contribution in [2.45, 2.75) is 6.42 Å². The van der Waals surface area contributed by atoms with E-state index in [0.717, 1.165) is 29.4 Å². The zero-order valence-electron chi connectivity index (χ0n) is 14.1. The van der Waals surface area contributed by atoms with E-state index in [2.05, 4.69) is 20.9 Å². The van der Waals surface area contributed by atoms with E-state index in [4.69, 9.17) is 11.6 Å². The molecule has 0 radical (unpaired) electrons. The molecule has 26 heavy (non-hydrogen) atoms. The van der Waals surface area contributed by atoms with E-state index in [9.17, 15) is 4.79 Å². The van der Waals surface area contributed by atoms with Crippen molar-refractivity contribution in [1.82, 2.24) is 4.98 Å². The molecule has 3 rings (SSSR count). The maximum atomic E-state index is 11.9. The van der Waals surface area contributed by atoms with Crippen LogP contribution >= 0.6 is 11.6 Å². The topological polar surface area (TPSA) is 66.1 Å². The van der Waals surface area contributed by atoms with Gasteiger partial charge in [-0.05, 0) is 48.4 Å². The Hall–Kier alpha value is -3.05. The summed E-state index contributed by atoms with van der Waals surface area (Å²) in [4.78, 5) is 16.2. The van der Waals surface area contributed by atoms with E-state index >= 15 is 0 Å². The third kappa shape index (κ3) is 5.50. The van der Waals surface area contributed by atoms with E-state index in [1.165, 1.54) is 5.56 Å². The Kier molecular flexibility index (Phi) is 6.06. The van der Waals surface area contributed by atoms with Crippen LogP contribution in [0.5, 0.6) is 0 Å². The molecule has 2 aromatic carbocycles. The molecular formula is C20H19ClN4O. The van der Waals surface area contributed by atoms with Crippen molar-refractivity contribution >= 4 is 34.8 Å². The number of nitrogens with one attached hydrogen (secondary N) is 3. The molecule has 0 fully saturated rings. The fourth-order valence-electron chi connectivity index (χ4n) is 2.42. The molecule has 3 aromatic rings. The van der Waals surface area contributed by atoms with Gasteiger partial charge in [0.25, 0.3) is 0 Å². The lowest BCUT2D eigenvalue weighted by atomic mass is 10.1. The number of pyridine rings is 1. The first-order chi connectivity index (χ1) is 12.7. The Bertz CT molecular complexity index is 853. The molecule has 3 N–H and O–H groups in total. The number of nitrogens with zero attached hydrogens (tertiary/aromatic N) is 1. The molecule has 0 aliphatic heterocycles. The van der Waals surface area contributed by atoms with Gasteiger partial charge in [-0.3, -0.25) is 5.32 Å². The highest BCUT2D eigenvalue weighted by Crippen LogP contribution is 2.13. The fraction of sp³-hybridized carbons (Fsp3) is 0.100. The van der Waals surface area contributed by atoms with E-state index in [1.807, 2.05) is 60.7 Å². The molecule has 6 heteroatoms. The molecule has 0 saturated carbocycles. The SMILES string of the molecule is O=C(Nc1ccccc1)Nc1ccc(NCCc2cccc(Cl)c2)cn1. The van der Waals surface area contributed by atoms with Crippen molar-refractivity contribution in [2.24, 2.45) is 0 Å². The maximum Gasteiger partial charge on any atom is 0.324 e. The minimum atomic E-state index is -0.328. The number of rotatable bonds is 6. The number of urea groups is 1. The summed E-state index contributed by atoms with van der Waals surface area (Å²) in [7, 11) is 0. The average Bonchev–Trinajstić information content (AvgIpc) is 2.64. The number of carbonyl (C=O) groups is 1. The number of carbonyl (C=O) groups excluding carboxylic acids is 1. The van der Waals surface area contributed by atoms with Crippen LogP contribution in [0.15, 0.2) is 72.9 Å². The number of halogens is 1. The lowest BCUT2D eigenvalue weighted by Crippen LogP contribution is -2.20. The number of benzene rings is 2. The maximum absolute atomic E-state index is 11.9. The van der Waals surface area contributed by atoms with Crippen molar-refractivity contribution in [3.05, 3.63) is 83.5 Å². The minimum Gasteiger partial charge on any atom is -0.383 e. The van der Waals surface area contributed by atoms with Gasteiger partial charge >= 0.3 is 6.03 Å². The molecule has 1 aromatic heterocycles. The smallest absolute Gasteiger partial charge is 0.324 e. The van der Waals surface area contributed by atoms with Crippen LogP contribution in [0.1, 0.15) is 5.56 Å². The average molecular weight is 367 g/mol. The Morgan fingerprint density at radius 1 is 0.923 bits per heavy atom. The Balaban J connectivity index is 1.46. The molecule has 0 atom stereocenters. The lowest BCUT2D eigenvalue weighted by Gasteiger charge is -2.09. The van der Waals surface area contributed by atoms with Gasteiger partial charge in [0.1, 0.15) is 5.82 Å². The second-order valence-electron chi connectivity index (χ2n) is 5.68. The summed E-state index contributed by atoms with van der Waals surface area (Å²) < 4.78 is 0. The molecule has 1 heterocycles. The minimum absolute atomic E-state index is 0.328. The quantitative estimate of drug-likeness (QED) is 0.573. The van der Waals surface area contributed by atoms with Crippen LogP contribution in [-0.2, 0) is 6.42 Å². The summed E-state index contributed by atoms with van der Waals surface area (Å²) in [5.41, 5.74) is 2.79. The summed E-state index contributed by atoms with van der Waals surface area (Å²) in [6.45, 7) is 0.767. The Labute approximate surface area is 157 Å². The van der Waals surface area contributed by atoms with E-state index in [-0.39, 0.29) is 6.03 Å². The van der Waals surface area contributed by atoms with E-state index < -0.39 is 0 Å². The molecule has 0 aliphatic carbocycles. The van der Waals surface area contributed by atoms with E-state index in [1.54, 1.807) is 12.3 Å². The summed E-state index contributed by atoms with van der Waals surface area (Å²) in [6.07, 6.45) is 2.55. The van der Waals surface area contributed by atoms with Gasteiger partial charge in [-0.25, -0.2) is 9.78 Å².